The zero-order chi connectivity index (χ0) is 13.6. The summed E-state index contributed by atoms with van der Waals surface area (Å²) in [6, 6.07) is 0. The summed E-state index contributed by atoms with van der Waals surface area (Å²) in [6.45, 7) is 7.51. The Kier molecular flexibility index (Phi) is 6.13. The first kappa shape index (κ1) is 16.0. The van der Waals surface area contributed by atoms with Crippen LogP contribution in [0.1, 0.15) is 72.1 Å². The van der Waals surface area contributed by atoms with E-state index in [0.29, 0.717) is 5.41 Å². The number of nitrogens with two attached hydrogens (primary N) is 1. The number of hydrogen-bond donors (Lipinski definition) is 1. The molecule has 1 aliphatic carbocycles. The maximum absolute atomic E-state index is 6.09. The standard InChI is InChI=1S/C16H33NO/c1-5-6-14-7-9-16(13-17,10-8-14)12-11-15(2,3)18-4/h14H,5-13,17H2,1-4H3. The van der Waals surface area contributed by atoms with Crippen LogP contribution in [0, 0.1) is 11.3 Å². The van der Waals surface area contributed by atoms with Gasteiger partial charge in [0.15, 0.2) is 0 Å². The molecule has 0 saturated heterocycles. The highest BCUT2D eigenvalue weighted by atomic mass is 16.5. The topological polar surface area (TPSA) is 35.2 Å². The number of ether oxygens (including phenoxy) is 1. The van der Waals surface area contributed by atoms with Crippen LogP contribution < -0.4 is 5.73 Å². The van der Waals surface area contributed by atoms with E-state index in [9.17, 15) is 0 Å². The Morgan fingerprint density at radius 1 is 1.28 bits per heavy atom. The summed E-state index contributed by atoms with van der Waals surface area (Å²) in [5, 5.41) is 0. The third kappa shape index (κ3) is 4.55. The molecule has 0 radical (unpaired) electrons. The van der Waals surface area contributed by atoms with E-state index < -0.39 is 0 Å². The molecule has 0 spiro atoms. The average Bonchev–Trinajstić information content (AvgIpc) is 2.39. The Morgan fingerprint density at radius 3 is 2.33 bits per heavy atom. The maximum atomic E-state index is 6.09. The molecule has 1 aliphatic rings. The van der Waals surface area contributed by atoms with E-state index in [2.05, 4.69) is 20.8 Å². The molecule has 0 atom stereocenters. The van der Waals surface area contributed by atoms with E-state index in [4.69, 9.17) is 10.5 Å². The smallest absolute Gasteiger partial charge is 0.0623 e. The second-order valence-electron chi connectivity index (χ2n) is 6.90. The molecule has 1 rings (SSSR count). The van der Waals surface area contributed by atoms with Gasteiger partial charge >= 0.3 is 0 Å². The molecule has 0 aliphatic heterocycles. The molecule has 2 nitrogen and oxygen atoms in total. The summed E-state index contributed by atoms with van der Waals surface area (Å²) >= 11 is 0. The van der Waals surface area contributed by atoms with Gasteiger partial charge in [-0.05, 0) is 70.3 Å². The van der Waals surface area contributed by atoms with E-state index in [-0.39, 0.29) is 5.60 Å². The molecule has 0 aromatic rings. The molecule has 0 heterocycles. The number of hydrogen-bond acceptors (Lipinski definition) is 2. The number of rotatable bonds is 7. The van der Waals surface area contributed by atoms with Crippen molar-refractivity contribution in [3.05, 3.63) is 0 Å². The van der Waals surface area contributed by atoms with Crippen molar-refractivity contribution in [3.63, 3.8) is 0 Å². The van der Waals surface area contributed by atoms with Crippen LogP contribution >= 0.6 is 0 Å². The van der Waals surface area contributed by atoms with Crippen molar-refractivity contribution in [1.29, 1.82) is 0 Å². The van der Waals surface area contributed by atoms with Crippen molar-refractivity contribution in [2.45, 2.75) is 77.7 Å². The molecule has 108 valence electrons. The molecule has 0 unspecified atom stereocenters. The fourth-order valence-corrected chi connectivity index (χ4v) is 3.21. The van der Waals surface area contributed by atoms with Crippen LogP contribution in [0.15, 0.2) is 0 Å². The molecule has 0 bridgehead atoms. The fourth-order valence-electron chi connectivity index (χ4n) is 3.21. The van der Waals surface area contributed by atoms with Gasteiger partial charge in [0.1, 0.15) is 0 Å². The largest absolute Gasteiger partial charge is 0.379 e. The van der Waals surface area contributed by atoms with Gasteiger partial charge in [0.05, 0.1) is 5.60 Å². The van der Waals surface area contributed by atoms with Gasteiger partial charge in [0.25, 0.3) is 0 Å². The minimum Gasteiger partial charge on any atom is -0.379 e. The fraction of sp³-hybridized carbons (Fsp3) is 1.00. The SMILES string of the molecule is CCCC1CCC(CN)(CCC(C)(C)OC)CC1. The first-order valence-electron chi connectivity index (χ1n) is 7.72. The van der Waals surface area contributed by atoms with Crippen LogP contribution in [0.4, 0.5) is 0 Å². The first-order chi connectivity index (χ1) is 8.47. The zero-order valence-corrected chi connectivity index (χ0v) is 12.9. The van der Waals surface area contributed by atoms with Gasteiger partial charge in [-0.3, -0.25) is 0 Å². The lowest BCUT2D eigenvalue weighted by Gasteiger charge is -2.41. The monoisotopic (exact) mass is 255 g/mol. The highest BCUT2D eigenvalue weighted by Gasteiger charge is 2.35. The van der Waals surface area contributed by atoms with E-state index in [0.717, 1.165) is 18.9 Å². The van der Waals surface area contributed by atoms with Gasteiger partial charge in [-0.2, -0.15) is 0 Å². The summed E-state index contributed by atoms with van der Waals surface area (Å²) < 4.78 is 5.54. The Morgan fingerprint density at radius 2 is 1.89 bits per heavy atom. The Labute approximate surface area is 114 Å². The van der Waals surface area contributed by atoms with Crippen LogP contribution in [0.5, 0.6) is 0 Å². The molecular weight excluding hydrogens is 222 g/mol. The van der Waals surface area contributed by atoms with Crippen molar-refractivity contribution in [1.82, 2.24) is 0 Å². The summed E-state index contributed by atoms with van der Waals surface area (Å²) in [7, 11) is 1.81. The lowest BCUT2D eigenvalue weighted by atomic mass is 9.66. The maximum Gasteiger partial charge on any atom is 0.0623 e. The molecule has 1 saturated carbocycles. The molecule has 0 amide bonds. The van der Waals surface area contributed by atoms with E-state index in [1.165, 1.54) is 44.9 Å². The highest BCUT2D eigenvalue weighted by Crippen LogP contribution is 2.44. The lowest BCUT2D eigenvalue weighted by molar-refractivity contribution is -0.00186. The van der Waals surface area contributed by atoms with Crippen LogP contribution in [-0.2, 0) is 4.74 Å². The van der Waals surface area contributed by atoms with Gasteiger partial charge in [-0.1, -0.05) is 19.8 Å². The minimum atomic E-state index is 0.00242. The predicted octanol–water partition coefficient (Wildman–Crippen LogP) is 4.13. The molecule has 0 aromatic carbocycles. The highest BCUT2D eigenvalue weighted by molar-refractivity contribution is 4.88. The normalized spacial score (nSPS) is 29.5. The van der Waals surface area contributed by atoms with Gasteiger partial charge in [0.2, 0.25) is 0 Å². The van der Waals surface area contributed by atoms with Crippen LogP contribution in [0.3, 0.4) is 0 Å². The summed E-state index contributed by atoms with van der Waals surface area (Å²) in [4.78, 5) is 0. The average molecular weight is 255 g/mol. The second-order valence-corrected chi connectivity index (χ2v) is 6.90. The Bertz CT molecular complexity index is 229. The van der Waals surface area contributed by atoms with Gasteiger partial charge < -0.3 is 10.5 Å². The molecule has 18 heavy (non-hydrogen) atoms. The first-order valence-corrected chi connectivity index (χ1v) is 7.72. The minimum absolute atomic E-state index is 0.00242. The third-order valence-corrected chi connectivity index (χ3v) is 5.11. The Balaban J connectivity index is 2.45. The third-order valence-electron chi connectivity index (χ3n) is 5.11. The number of methoxy groups -OCH3 is 1. The summed E-state index contributed by atoms with van der Waals surface area (Å²) in [6.07, 6.45) is 10.5. The van der Waals surface area contributed by atoms with Crippen LogP contribution in [0.2, 0.25) is 0 Å². The van der Waals surface area contributed by atoms with Crippen molar-refractivity contribution < 1.29 is 4.74 Å². The van der Waals surface area contributed by atoms with Crippen molar-refractivity contribution in [2.24, 2.45) is 17.1 Å². The van der Waals surface area contributed by atoms with E-state index in [1.54, 1.807) is 0 Å². The molecule has 0 aromatic heterocycles. The van der Waals surface area contributed by atoms with E-state index in [1.807, 2.05) is 7.11 Å². The van der Waals surface area contributed by atoms with Crippen molar-refractivity contribution in [2.75, 3.05) is 13.7 Å². The van der Waals surface area contributed by atoms with Crippen LogP contribution in [0.25, 0.3) is 0 Å². The van der Waals surface area contributed by atoms with E-state index >= 15 is 0 Å². The zero-order valence-electron chi connectivity index (χ0n) is 12.9. The second kappa shape index (κ2) is 6.91. The lowest BCUT2D eigenvalue weighted by Crippen LogP contribution is -2.37. The Hall–Kier alpha value is -0.0800. The molecule has 1 fully saturated rings. The van der Waals surface area contributed by atoms with Gasteiger partial charge in [-0.25, -0.2) is 0 Å². The predicted molar refractivity (Wildman–Crippen MR) is 78.7 cm³/mol. The summed E-state index contributed by atoms with van der Waals surface area (Å²) in [5.74, 6) is 0.963. The molecule has 2 N–H and O–H groups in total. The quantitative estimate of drug-likeness (QED) is 0.742. The van der Waals surface area contributed by atoms with Crippen LogP contribution in [-0.4, -0.2) is 19.3 Å². The van der Waals surface area contributed by atoms with Gasteiger partial charge in [0, 0.05) is 7.11 Å². The molecule has 2 heteroatoms. The summed E-state index contributed by atoms with van der Waals surface area (Å²) in [5.41, 5.74) is 6.49. The molecular formula is C16H33NO. The van der Waals surface area contributed by atoms with Crippen molar-refractivity contribution in [3.8, 4) is 0 Å². The van der Waals surface area contributed by atoms with Crippen molar-refractivity contribution >= 4 is 0 Å². The van der Waals surface area contributed by atoms with Gasteiger partial charge in [-0.15, -0.1) is 0 Å².